The van der Waals surface area contributed by atoms with Gasteiger partial charge >= 0.3 is 13.8 Å². The molecule has 1 unspecified atom stereocenters. The van der Waals surface area contributed by atoms with Gasteiger partial charge in [-0.1, -0.05) is 63.3 Å². The monoisotopic (exact) mass is 477 g/mol. The topological polar surface area (TPSA) is 128 Å². The van der Waals surface area contributed by atoms with Crippen molar-refractivity contribution in [2.45, 2.75) is 90.1 Å². The molecule has 0 spiro atoms. The van der Waals surface area contributed by atoms with Crippen LogP contribution >= 0.6 is 7.82 Å². The number of hydrogen-bond donors (Lipinski definition) is 3. The van der Waals surface area contributed by atoms with E-state index in [1.807, 2.05) is 0 Å². The molecule has 0 aromatic rings. The lowest BCUT2D eigenvalue weighted by molar-refractivity contribution is -0.153. The fourth-order valence-electron chi connectivity index (χ4n) is 2.83. The summed E-state index contributed by atoms with van der Waals surface area (Å²) in [6.45, 7) is 1.21. The van der Waals surface area contributed by atoms with Crippen molar-refractivity contribution in [3.8, 4) is 0 Å². The first kappa shape index (κ1) is 31.0. The lowest BCUT2D eigenvalue weighted by Crippen LogP contribution is -2.27. The molecular weight excluding hydrogens is 433 g/mol. The van der Waals surface area contributed by atoms with Gasteiger partial charge < -0.3 is 20.5 Å². The summed E-state index contributed by atoms with van der Waals surface area (Å²) in [6, 6.07) is 0. The predicted molar refractivity (Wildman–Crippen MR) is 127 cm³/mol. The number of phosphoric acid groups is 1. The van der Waals surface area contributed by atoms with E-state index < -0.39 is 33.1 Å². The van der Waals surface area contributed by atoms with E-state index in [1.165, 1.54) is 25.7 Å². The predicted octanol–water partition coefficient (Wildman–Crippen LogP) is 4.80. The van der Waals surface area contributed by atoms with Gasteiger partial charge in [-0.25, -0.2) is 4.57 Å². The van der Waals surface area contributed by atoms with E-state index in [0.717, 1.165) is 38.5 Å². The molecule has 4 N–H and O–H groups in total. The fraction of sp³-hybridized carbons (Fsp3) is 0.783. The third kappa shape index (κ3) is 20.9. The first-order chi connectivity index (χ1) is 15.4. The Morgan fingerprint density at radius 1 is 0.969 bits per heavy atom. The number of nitrogens with two attached hydrogens (primary N) is 1. The van der Waals surface area contributed by atoms with Crippen LogP contribution in [-0.4, -0.2) is 48.4 Å². The Labute approximate surface area is 193 Å². The first-order valence-corrected chi connectivity index (χ1v) is 13.4. The van der Waals surface area contributed by atoms with Crippen molar-refractivity contribution in [1.82, 2.24) is 0 Å². The maximum atomic E-state index is 11.9. The van der Waals surface area contributed by atoms with E-state index in [1.54, 1.807) is 0 Å². The number of hydrogen-bond acceptors (Lipinski definition) is 7. The molecule has 0 rings (SSSR count). The molecule has 0 amide bonds. The molecule has 0 aromatic carbocycles. The second-order valence-corrected chi connectivity index (χ2v) is 9.11. The number of carbonyl (C=O) groups is 1. The van der Waals surface area contributed by atoms with Crippen LogP contribution in [0.1, 0.15) is 84.0 Å². The zero-order chi connectivity index (χ0) is 23.9. The Hall–Kier alpha value is -1.02. The Morgan fingerprint density at radius 2 is 1.59 bits per heavy atom. The highest BCUT2D eigenvalue weighted by molar-refractivity contribution is 7.47. The Kier molecular flexibility index (Phi) is 21.1. The molecule has 0 bridgehead atoms. The number of carbonyl (C=O) groups excluding carboxylic acids is 1. The third-order valence-electron chi connectivity index (χ3n) is 4.63. The summed E-state index contributed by atoms with van der Waals surface area (Å²) in [5.41, 5.74) is 5.19. The van der Waals surface area contributed by atoms with Gasteiger partial charge in [0.25, 0.3) is 0 Å². The zero-order valence-corrected chi connectivity index (χ0v) is 20.6. The average molecular weight is 478 g/mol. The number of ether oxygens (including phenoxy) is 1. The molecule has 0 aliphatic rings. The maximum absolute atomic E-state index is 11.9. The number of rotatable bonds is 22. The van der Waals surface area contributed by atoms with Gasteiger partial charge in [0.05, 0.1) is 19.8 Å². The zero-order valence-electron chi connectivity index (χ0n) is 19.7. The van der Waals surface area contributed by atoms with Crippen LogP contribution in [0.3, 0.4) is 0 Å². The second kappa shape index (κ2) is 21.8. The van der Waals surface area contributed by atoms with Crippen molar-refractivity contribution in [3.63, 3.8) is 0 Å². The van der Waals surface area contributed by atoms with Crippen LogP contribution in [0.2, 0.25) is 0 Å². The van der Waals surface area contributed by atoms with Crippen LogP contribution in [0.4, 0.5) is 0 Å². The molecule has 32 heavy (non-hydrogen) atoms. The number of esters is 1. The Bertz CT molecular complexity index is 554. The van der Waals surface area contributed by atoms with Crippen LogP contribution in [0.15, 0.2) is 24.3 Å². The number of aliphatic hydroxyl groups excluding tert-OH is 1. The number of aliphatic hydroxyl groups is 1. The normalized spacial score (nSPS) is 14.8. The quantitative estimate of drug-likeness (QED) is 0.0878. The van der Waals surface area contributed by atoms with Crippen LogP contribution in [-0.2, 0) is 23.1 Å². The SMILES string of the molecule is CCCCC/C=C\C/C=C\CCCCCCCC(=O)O[C@@H](CO)COP(=O)(O)OCCN. The van der Waals surface area contributed by atoms with Gasteiger partial charge in [0.2, 0.25) is 0 Å². The Morgan fingerprint density at radius 3 is 2.22 bits per heavy atom. The van der Waals surface area contributed by atoms with Crippen molar-refractivity contribution in [2.75, 3.05) is 26.4 Å². The molecule has 8 nitrogen and oxygen atoms in total. The van der Waals surface area contributed by atoms with Crippen LogP contribution in [0, 0.1) is 0 Å². The van der Waals surface area contributed by atoms with Gasteiger partial charge in [-0.15, -0.1) is 0 Å². The lowest BCUT2D eigenvalue weighted by Gasteiger charge is -2.17. The van der Waals surface area contributed by atoms with Crippen LogP contribution in [0.5, 0.6) is 0 Å². The van der Waals surface area contributed by atoms with E-state index in [9.17, 15) is 19.4 Å². The molecule has 0 saturated carbocycles. The van der Waals surface area contributed by atoms with E-state index in [-0.39, 0.29) is 19.6 Å². The van der Waals surface area contributed by atoms with Gasteiger partial charge in [0.1, 0.15) is 6.10 Å². The van der Waals surface area contributed by atoms with Gasteiger partial charge in [0, 0.05) is 13.0 Å². The lowest BCUT2D eigenvalue weighted by atomic mass is 10.1. The molecule has 0 heterocycles. The number of allylic oxidation sites excluding steroid dienone is 4. The molecule has 0 aliphatic carbocycles. The minimum absolute atomic E-state index is 0.0693. The summed E-state index contributed by atoms with van der Waals surface area (Å²) in [4.78, 5) is 21.3. The molecule has 0 radical (unpaired) electrons. The second-order valence-electron chi connectivity index (χ2n) is 7.66. The molecule has 0 fully saturated rings. The summed E-state index contributed by atoms with van der Waals surface area (Å²) in [5.74, 6) is -0.464. The van der Waals surface area contributed by atoms with Crippen LogP contribution < -0.4 is 5.73 Å². The van der Waals surface area contributed by atoms with E-state index in [0.29, 0.717) is 6.42 Å². The van der Waals surface area contributed by atoms with Crippen molar-refractivity contribution < 1.29 is 33.1 Å². The molecule has 0 saturated heterocycles. The molecular formula is C23H44NO7P. The maximum Gasteiger partial charge on any atom is 0.472 e. The highest BCUT2D eigenvalue weighted by Crippen LogP contribution is 2.42. The van der Waals surface area contributed by atoms with E-state index in [4.69, 9.17) is 15.0 Å². The van der Waals surface area contributed by atoms with Crippen molar-refractivity contribution in [2.24, 2.45) is 5.73 Å². The highest BCUT2D eigenvalue weighted by Gasteiger charge is 2.24. The molecule has 2 atom stereocenters. The summed E-state index contributed by atoms with van der Waals surface area (Å²) in [5, 5.41) is 9.25. The van der Waals surface area contributed by atoms with Gasteiger partial charge in [-0.3, -0.25) is 13.8 Å². The van der Waals surface area contributed by atoms with E-state index in [2.05, 4.69) is 35.8 Å². The standard InChI is InChI=1S/C23H44NO7P/c1-2-3-4-5-6-7-8-9-10-11-12-13-14-15-16-17-23(26)31-22(20-25)21-30-32(27,28)29-19-18-24/h6-7,9-10,22,25H,2-5,8,11-21,24H2,1H3,(H,27,28)/b7-6-,10-9-/t22-/m0/s1. The summed E-state index contributed by atoms with van der Waals surface area (Å²) < 4.78 is 25.9. The van der Waals surface area contributed by atoms with Crippen LogP contribution in [0.25, 0.3) is 0 Å². The Balaban J connectivity index is 3.69. The average Bonchev–Trinajstić information content (AvgIpc) is 2.77. The minimum atomic E-state index is -4.26. The molecule has 9 heteroatoms. The largest absolute Gasteiger partial charge is 0.472 e. The highest BCUT2D eigenvalue weighted by atomic mass is 31.2. The smallest absolute Gasteiger partial charge is 0.457 e. The fourth-order valence-corrected chi connectivity index (χ4v) is 3.60. The molecule has 188 valence electrons. The summed E-state index contributed by atoms with van der Waals surface area (Å²) >= 11 is 0. The minimum Gasteiger partial charge on any atom is -0.457 e. The summed E-state index contributed by atoms with van der Waals surface area (Å²) in [6.07, 6.45) is 20.2. The third-order valence-corrected chi connectivity index (χ3v) is 5.61. The number of phosphoric ester groups is 1. The molecule has 0 aliphatic heterocycles. The van der Waals surface area contributed by atoms with Crippen molar-refractivity contribution in [1.29, 1.82) is 0 Å². The van der Waals surface area contributed by atoms with Crippen molar-refractivity contribution in [3.05, 3.63) is 24.3 Å². The van der Waals surface area contributed by atoms with Gasteiger partial charge in [-0.05, 0) is 38.5 Å². The van der Waals surface area contributed by atoms with E-state index >= 15 is 0 Å². The van der Waals surface area contributed by atoms with Gasteiger partial charge in [-0.2, -0.15) is 0 Å². The molecule has 0 aromatic heterocycles. The van der Waals surface area contributed by atoms with Crippen molar-refractivity contribution >= 4 is 13.8 Å². The summed E-state index contributed by atoms with van der Waals surface area (Å²) in [7, 11) is -4.26. The number of unbranched alkanes of at least 4 members (excludes halogenated alkanes) is 8. The van der Waals surface area contributed by atoms with Gasteiger partial charge in [0.15, 0.2) is 0 Å². The first-order valence-electron chi connectivity index (χ1n) is 11.9.